The van der Waals surface area contributed by atoms with Crippen LogP contribution in [0.5, 0.6) is 0 Å². The van der Waals surface area contributed by atoms with Crippen LogP contribution in [0.2, 0.25) is 0 Å². The van der Waals surface area contributed by atoms with Gasteiger partial charge < -0.3 is 16.2 Å². The minimum Gasteiger partial charge on any atom is -0.475 e. The highest BCUT2D eigenvalue weighted by Gasteiger charge is 2.38. The molecule has 0 aliphatic heterocycles. The molecule has 1 rings (SSSR count). The van der Waals surface area contributed by atoms with E-state index in [4.69, 9.17) is 15.6 Å². The lowest BCUT2D eigenvalue weighted by molar-refractivity contribution is -0.192. The van der Waals surface area contributed by atoms with Gasteiger partial charge in [-0.3, -0.25) is 0 Å². The van der Waals surface area contributed by atoms with Crippen molar-refractivity contribution in [3.05, 3.63) is 18.2 Å². The highest BCUT2D eigenvalue weighted by molar-refractivity contribution is 5.73. The predicted octanol–water partition coefficient (Wildman–Crippen LogP) is 1.73. The molecule has 0 amide bonds. The minimum atomic E-state index is -5.08. The fourth-order valence-electron chi connectivity index (χ4n) is 0.731. The molecule has 0 saturated carbocycles. The van der Waals surface area contributed by atoms with E-state index < -0.39 is 12.1 Å². The average molecular weight is 251 g/mol. The Morgan fingerprint density at radius 3 is 2.41 bits per heavy atom. The number of nitrogens with zero attached hydrogens (tertiary/aromatic N) is 1. The standard InChI is InChI=1S/C7H11N3.C2HF3O2/c1-2-9-7-5-3-4-6(8)10-7;3-2(4,5)1(6)7/h3-5H,2H2,1H3,(H3,8,9,10);(H,6,7). The molecule has 4 N–H and O–H groups in total. The molecule has 1 heterocycles. The third-order valence-electron chi connectivity index (χ3n) is 1.37. The Morgan fingerprint density at radius 1 is 1.53 bits per heavy atom. The van der Waals surface area contributed by atoms with Crippen LogP contribution >= 0.6 is 0 Å². The summed E-state index contributed by atoms with van der Waals surface area (Å²) in [7, 11) is 0. The largest absolute Gasteiger partial charge is 0.490 e. The third-order valence-corrected chi connectivity index (χ3v) is 1.37. The number of nitrogens with one attached hydrogen (secondary N) is 1. The number of carboxylic acids is 1. The van der Waals surface area contributed by atoms with Gasteiger partial charge in [0.1, 0.15) is 11.6 Å². The maximum absolute atomic E-state index is 10.6. The van der Waals surface area contributed by atoms with Crippen molar-refractivity contribution < 1.29 is 23.1 Å². The van der Waals surface area contributed by atoms with Crippen LogP contribution in [0.15, 0.2) is 18.2 Å². The van der Waals surface area contributed by atoms with Gasteiger partial charge in [-0.1, -0.05) is 6.07 Å². The van der Waals surface area contributed by atoms with Gasteiger partial charge in [0.15, 0.2) is 0 Å². The van der Waals surface area contributed by atoms with Crippen LogP contribution in [0.3, 0.4) is 0 Å². The zero-order chi connectivity index (χ0) is 13.5. The van der Waals surface area contributed by atoms with E-state index in [9.17, 15) is 13.2 Å². The SMILES string of the molecule is CCNc1cccc(N)n1.O=C(O)C(F)(F)F. The number of aromatic nitrogens is 1. The Labute approximate surface area is 95.5 Å². The zero-order valence-electron chi connectivity index (χ0n) is 8.95. The summed E-state index contributed by atoms with van der Waals surface area (Å²) in [4.78, 5) is 12.9. The van der Waals surface area contributed by atoms with Crippen LogP contribution in [0.4, 0.5) is 24.8 Å². The van der Waals surface area contributed by atoms with E-state index in [1.54, 1.807) is 6.07 Å². The van der Waals surface area contributed by atoms with Crippen molar-refractivity contribution in [1.82, 2.24) is 4.98 Å². The van der Waals surface area contributed by atoms with Gasteiger partial charge in [0.25, 0.3) is 0 Å². The average Bonchev–Trinajstić information content (AvgIpc) is 2.17. The zero-order valence-corrected chi connectivity index (χ0v) is 8.95. The Kier molecular flexibility index (Phi) is 5.79. The lowest BCUT2D eigenvalue weighted by Gasteiger charge is -2.00. The van der Waals surface area contributed by atoms with Crippen molar-refractivity contribution in [2.75, 3.05) is 17.6 Å². The van der Waals surface area contributed by atoms with E-state index in [0.717, 1.165) is 12.4 Å². The van der Waals surface area contributed by atoms with Crippen LogP contribution < -0.4 is 11.1 Å². The number of carbonyl (C=O) groups is 1. The molecule has 0 aromatic carbocycles. The third kappa shape index (κ3) is 6.98. The van der Waals surface area contributed by atoms with Crippen molar-refractivity contribution in [3.63, 3.8) is 0 Å². The van der Waals surface area contributed by atoms with Crippen LogP contribution in [-0.4, -0.2) is 28.8 Å². The van der Waals surface area contributed by atoms with E-state index in [1.165, 1.54) is 0 Å². The van der Waals surface area contributed by atoms with Gasteiger partial charge >= 0.3 is 12.1 Å². The van der Waals surface area contributed by atoms with E-state index in [2.05, 4.69) is 10.3 Å². The molecule has 96 valence electrons. The van der Waals surface area contributed by atoms with Gasteiger partial charge in [-0.05, 0) is 19.1 Å². The lowest BCUT2D eigenvalue weighted by Crippen LogP contribution is -2.21. The Bertz CT molecular complexity index is 369. The summed E-state index contributed by atoms with van der Waals surface area (Å²) >= 11 is 0. The molecule has 0 aliphatic carbocycles. The number of aliphatic carboxylic acids is 1. The van der Waals surface area contributed by atoms with Gasteiger partial charge in [0, 0.05) is 6.54 Å². The van der Waals surface area contributed by atoms with Crippen LogP contribution in [0.25, 0.3) is 0 Å². The highest BCUT2D eigenvalue weighted by Crippen LogP contribution is 2.13. The van der Waals surface area contributed by atoms with E-state index >= 15 is 0 Å². The summed E-state index contributed by atoms with van der Waals surface area (Å²) in [5.74, 6) is -1.37. The van der Waals surface area contributed by atoms with Gasteiger partial charge in [0.05, 0.1) is 0 Å². The van der Waals surface area contributed by atoms with E-state index in [1.807, 2.05) is 19.1 Å². The van der Waals surface area contributed by atoms with Crippen LogP contribution in [0, 0.1) is 0 Å². The van der Waals surface area contributed by atoms with Gasteiger partial charge in [-0.15, -0.1) is 0 Å². The molecule has 1 aromatic heterocycles. The van der Waals surface area contributed by atoms with Crippen LogP contribution in [0.1, 0.15) is 6.92 Å². The summed E-state index contributed by atoms with van der Waals surface area (Å²) in [5.41, 5.74) is 5.44. The van der Waals surface area contributed by atoms with Crippen molar-refractivity contribution >= 4 is 17.6 Å². The number of pyridine rings is 1. The molecule has 5 nitrogen and oxygen atoms in total. The number of nitrogen functional groups attached to an aromatic ring is 1. The first-order valence-corrected chi connectivity index (χ1v) is 4.54. The summed E-state index contributed by atoms with van der Waals surface area (Å²) in [6, 6.07) is 5.53. The molecule has 1 aromatic rings. The quantitative estimate of drug-likeness (QED) is 0.745. The fraction of sp³-hybridized carbons (Fsp3) is 0.333. The summed E-state index contributed by atoms with van der Waals surface area (Å²) in [6.07, 6.45) is -5.08. The molecule has 0 bridgehead atoms. The van der Waals surface area contributed by atoms with Crippen molar-refractivity contribution in [2.24, 2.45) is 0 Å². The first kappa shape index (κ1) is 15.0. The number of carboxylic acid groups (broad SMARTS) is 1. The van der Waals surface area contributed by atoms with Crippen molar-refractivity contribution in [3.8, 4) is 0 Å². The van der Waals surface area contributed by atoms with E-state index in [0.29, 0.717) is 5.82 Å². The summed E-state index contributed by atoms with van der Waals surface area (Å²) in [6.45, 7) is 2.89. The first-order chi connectivity index (χ1) is 7.77. The van der Waals surface area contributed by atoms with Gasteiger partial charge in [-0.2, -0.15) is 13.2 Å². The fourth-order valence-corrected chi connectivity index (χ4v) is 0.731. The maximum Gasteiger partial charge on any atom is 0.490 e. The molecular weight excluding hydrogens is 239 g/mol. The number of halogens is 3. The Hall–Kier alpha value is -1.99. The van der Waals surface area contributed by atoms with Crippen molar-refractivity contribution in [1.29, 1.82) is 0 Å². The number of alkyl halides is 3. The second-order valence-corrected chi connectivity index (χ2v) is 2.78. The molecule has 0 radical (unpaired) electrons. The predicted molar refractivity (Wildman–Crippen MR) is 56.5 cm³/mol. The first-order valence-electron chi connectivity index (χ1n) is 4.54. The smallest absolute Gasteiger partial charge is 0.475 e. The second kappa shape index (κ2) is 6.56. The summed E-state index contributed by atoms with van der Waals surface area (Å²) < 4.78 is 31.7. The lowest BCUT2D eigenvalue weighted by atomic mass is 10.4. The molecule has 0 unspecified atom stereocenters. The number of anilines is 2. The van der Waals surface area contributed by atoms with Gasteiger partial charge in [0.2, 0.25) is 0 Å². The maximum atomic E-state index is 10.6. The molecule has 0 saturated heterocycles. The molecule has 0 spiro atoms. The highest BCUT2D eigenvalue weighted by atomic mass is 19.4. The number of hydrogen-bond donors (Lipinski definition) is 3. The van der Waals surface area contributed by atoms with Crippen molar-refractivity contribution in [2.45, 2.75) is 13.1 Å². The monoisotopic (exact) mass is 251 g/mol. The molecule has 8 heteroatoms. The Balaban J connectivity index is 0.000000325. The number of nitrogens with two attached hydrogens (primary N) is 1. The van der Waals surface area contributed by atoms with Gasteiger partial charge in [-0.25, -0.2) is 9.78 Å². The molecule has 17 heavy (non-hydrogen) atoms. The normalized spacial score (nSPS) is 10.1. The summed E-state index contributed by atoms with van der Waals surface area (Å²) in [5, 5.41) is 10.2. The molecule has 0 atom stereocenters. The Morgan fingerprint density at radius 2 is 2.06 bits per heavy atom. The minimum absolute atomic E-state index is 0.554. The second-order valence-electron chi connectivity index (χ2n) is 2.78. The number of hydrogen-bond acceptors (Lipinski definition) is 4. The molecule has 0 aliphatic rings. The molecular formula is C9H12F3N3O2. The number of rotatable bonds is 2. The van der Waals surface area contributed by atoms with E-state index in [-0.39, 0.29) is 0 Å². The van der Waals surface area contributed by atoms with Crippen LogP contribution in [-0.2, 0) is 4.79 Å². The molecule has 0 fully saturated rings. The topological polar surface area (TPSA) is 88.2 Å².